The van der Waals surface area contributed by atoms with Crippen LogP contribution >= 0.6 is 0 Å². The van der Waals surface area contributed by atoms with E-state index in [1.165, 1.54) is 0 Å². The van der Waals surface area contributed by atoms with Crippen LogP contribution in [-0.2, 0) is 9.47 Å². The van der Waals surface area contributed by atoms with Gasteiger partial charge in [-0.05, 0) is 13.0 Å². The summed E-state index contributed by atoms with van der Waals surface area (Å²) >= 11 is 0. The maximum atomic E-state index is 5.71. The Kier molecular flexibility index (Phi) is 4.65. The lowest BCUT2D eigenvalue weighted by Crippen LogP contribution is -2.45. The van der Waals surface area contributed by atoms with E-state index in [1.54, 1.807) is 13.4 Å². The lowest BCUT2D eigenvalue weighted by atomic mass is 10.3. The lowest BCUT2D eigenvalue weighted by Gasteiger charge is -2.33. The number of methoxy groups -OCH3 is 1. The number of hydrogen-bond donors (Lipinski definition) is 1. The molecule has 3 rings (SSSR count). The highest BCUT2D eigenvalue weighted by molar-refractivity contribution is 5.94. The Morgan fingerprint density at radius 3 is 2.86 bits per heavy atom. The van der Waals surface area contributed by atoms with Crippen molar-refractivity contribution in [3.8, 4) is 0 Å². The highest BCUT2D eigenvalue weighted by Crippen LogP contribution is 2.16. The Balaban J connectivity index is 1.50. The molecule has 1 fully saturated rings. The van der Waals surface area contributed by atoms with Gasteiger partial charge in [0.1, 0.15) is 0 Å². The molecular formula is C15H22N4O3. The zero-order valence-electron chi connectivity index (χ0n) is 13.0. The normalized spacial score (nSPS) is 20.9. The maximum Gasteiger partial charge on any atom is 0.281 e. The molecule has 0 unspecified atom stereocenters. The van der Waals surface area contributed by atoms with Crippen molar-refractivity contribution in [1.82, 2.24) is 15.2 Å². The molecule has 1 aromatic heterocycles. The zero-order valence-corrected chi connectivity index (χ0v) is 13.0. The fourth-order valence-corrected chi connectivity index (χ4v) is 2.50. The summed E-state index contributed by atoms with van der Waals surface area (Å²) in [6.45, 7) is 7.72. The van der Waals surface area contributed by atoms with Crippen LogP contribution < -0.4 is 5.43 Å². The Bertz CT molecular complexity index is 559. The predicted molar refractivity (Wildman–Crippen MR) is 82.2 cm³/mol. The highest BCUT2D eigenvalue weighted by atomic mass is 16.5. The number of aryl methyl sites for hydroxylation is 1. The van der Waals surface area contributed by atoms with Crippen LogP contribution in [0.15, 0.2) is 33.9 Å². The Morgan fingerprint density at radius 1 is 1.36 bits per heavy atom. The Morgan fingerprint density at radius 2 is 2.18 bits per heavy atom. The lowest BCUT2D eigenvalue weighted by molar-refractivity contribution is 0.113. The molecule has 120 valence electrons. The van der Waals surface area contributed by atoms with Gasteiger partial charge < -0.3 is 18.8 Å². The van der Waals surface area contributed by atoms with Gasteiger partial charge in [-0.3, -0.25) is 4.90 Å². The molecule has 3 heterocycles. The fraction of sp³-hybridized carbons (Fsp3) is 0.533. The molecule has 1 N–H and O–H groups in total. The molecule has 7 nitrogen and oxygen atoms in total. The van der Waals surface area contributed by atoms with Crippen molar-refractivity contribution >= 4 is 5.90 Å². The van der Waals surface area contributed by atoms with Gasteiger partial charge in [0.25, 0.3) is 5.90 Å². The smallest absolute Gasteiger partial charge is 0.281 e. The van der Waals surface area contributed by atoms with Gasteiger partial charge in [0.15, 0.2) is 5.76 Å². The summed E-state index contributed by atoms with van der Waals surface area (Å²) in [6, 6.07) is 1.89. The van der Waals surface area contributed by atoms with Crippen molar-refractivity contribution in [2.24, 2.45) is 5.10 Å². The summed E-state index contributed by atoms with van der Waals surface area (Å²) in [6.07, 6.45) is 3.61. The molecule has 1 aromatic rings. The van der Waals surface area contributed by atoms with Crippen LogP contribution in [0.25, 0.3) is 0 Å². The minimum absolute atomic E-state index is 0.479. The van der Waals surface area contributed by atoms with E-state index in [0.717, 1.165) is 44.9 Å². The van der Waals surface area contributed by atoms with Gasteiger partial charge >= 0.3 is 0 Å². The molecule has 0 radical (unpaired) electrons. The third-order valence-electron chi connectivity index (χ3n) is 3.85. The topological polar surface area (TPSA) is 62.5 Å². The number of nitrogens with zero attached hydrogens (tertiary/aromatic N) is 3. The van der Waals surface area contributed by atoms with E-state index in [9.17, 15) is 0 Å². The molecule has 0 bridgehead atoms. The monoisotopic (exact) mass is 306 g/mol. The molecule has 0 aromatic carbocycles. The first-order valence-corrected chi connectivity index (χ1v) is 7.49. The average molecular weight is 306 g/mol. The first-order valence-electron chi connectivity index (χ1n) is 7.49. The number of rotatable bonds is 5. The first-order chi connectivity index (χ1) is 10.8. The molecule has 0 saturated carbocycles. The van der Waals surface area contributed by atoms with E-state index in [0.29, 0.717) is 17.5 Å². The van der Waals surface area contributed by atoms with Crippen molar-refractivity contribution in [2.75, 3.05) is 46.4 Å². The van der Waals surface area contributed by atoms with Crippen LogP contribution in [0.2, 0.25) is 0 Å². The second-order valence-corrected chi connectivity index (χ2v) is 5.43. The number of furan rings is 1. The molecule has 1 saturated heterocycles. The van der Waals surface area contributed by atoms with Crippen LogP contribution in [0, 0.1) is 6.92 Å². The highest BCUT2D eigenvalue weighted by Gasteiger charge is 2.22. The van der Waals surface area contributed by atoms with Gasteiger partial charge in [-0.15, -0.1) is 5.10 Å². The van der Waals surface area contributed by atoms with Gasteiger partial charge in [0.2, 0.25) is 5.88 Å². The molecular weight excluding hydrogens is 284 g/mol. The van der Waals surface area contributed by atoms with E-state index in [1.807, 2.05) is 19.2 Å². The fourth-order valence-electron chi connectivity index (χ4n) is 2.50. The van der Waals surface area contributed by atoms with Crippen molar-refractivity contribution < 1.29 is 13.9 Å². The second-order valence-electron chi connectivity index (χ2n) is 5.43. The molecule has 2 aliphatic rings. The third kappa shape index (κ3) is 3.42. The largest absolute Gasteiger partial charge is 0.459 e. The van der Waals surface area contributed by atoms with E-state index in [4.69, 9.17) is 13.9 Å². The Labute approximate surface area is 130 Å². The molecule has 0 spiro atoms. The molecule has 0 atom stereocenters. The summed E-state index contributed by atoms with van der Waals surface area (Å²) in [5.41, 5.74) is 3.91. The molecule has 7 heteroatoms. The summed E-state index contributed by atoms with van der Waals surface area (Å²) < 4.78 is 16.2. The second kappa shape index (κ2) is 6.85. The minimum Gasteiger partial charge on any atom is -0.459 e. The summed E-state index contributed by atoms with van der Waals surface area (Å²) in [7, 11) is 1.74. The van der Waals surface area contributed by atoms with Crippen LogP contribution in [0.1, 0.15) is 11.3 Å². The molecule has 0 aliphatic carbocycles. The van der Waals surface area contributed by atoms with Crippen molar-refractivity contribution in [1.29, 1.82) is 0 Å². The van der Waals surface area contributed by atoms with Gasteiger partial charge in [0.05, 0.1) is 19.1 Å². The van der Waals surface area contributed by atoms with Gasteiger partial charge in [-0.1, -0.05) is 0 Å². The number of nitrogens with one attached hydrogen (secondary N) is 1. The Hall–Kier alpha value is -1.99. The van der Waals surface area contributed by atoms with Gasteiger partial charge in [-0.25, -0.2) is 5.43 Å². The van der Waals surface area contributed by atoms with Crippen LogP contribution in [0.3, 0.4) is 0 Å². The van der Waals surface area contributed by atoms with Crippen LogP contribution in [0.4, 0.5) is 0 Å². The predicted octanol–water partition coefficient (Wildman–Crippen LogP) is 0.932. The van der Waals surface area contributed by atoms with Crippen LogP contribution in [-0.4, -0.2) is 62.1 Å². The van der Waals surface area contributed by atoms with Gasteiger partial charge in [0, 0.05) is 45.4 Å². The number of hydrogen-bond acceptors (Lipinski definition) is 7. The average Bonchev–Trinajstić information content (AvgIpc) is 3.15. The number of ether oxygens (including phenoxy) is 2. The van der Waals surface area contributed by atoms with Gasteiger partial charge in [-0.2, -0.15) is 0 Å². The zero-order chi connectivity index (χ0) is 15.4. The molecule has 2 aliphatic heterocycles. The van der Waals surface area contributed by atoms with E-state index in [2.05, 4.69) is 20.3 Å². The summed E-state index contributed by atoms with van der Waals surface area (Å²) in [4.78, 5) is 4.63. The first kappa shape index (κ1) is 14.9. The minimum atomic E-state index is 0.479. The van der Waals surface area contributed by atoms with Crippen molar-refractivity contribution in [3.05, 3.63) is 35.7 Å². The SMILES string of the molecule is COCCN1CCN(C=C2NN=C(c3occc3C)O2)CC1. The summed E-state index contributed by atoms with van der Waals surface area (Å²) in [5.74, 6) is 1.78. The number of hydrazone groups is 1. The van der Waals surface area contributed by atoms with Crippen LogP contribution in [0.5, 0.6) is 0 Å². The molecule has 0 amide bonds. The quantitative estimate of drug-likeness (QED) is 0.873. The summed E-state index contributed by atoms with van der Waals surface area (Å²) in [5, 5.41) is 4.17. The third-order valence-corrected chi connectivity index (χ3v) is 3.85. The van der Waals surface area contributed by atoms with Crippen molar-refractivity contribution in [2.45, 2.75) is 6.92 Å². The van der Waals surface area contributed by atoms with E-state index in [-0.39, 0.29) is 0 Å². The number of piperazine rings is 1. The maximum absolute atomic E-state index is 5.71. The van der Waals surface area contributed by atoms with E-state index >= 15 is 0 Å². The standard InChI is InChI=1S/C15H22N4O3/c1-12-3-9-21-14(12)15-17-16-13(22-15)11-19-6-4-18(5-7-19)8-10-20-2/h3,9,11,16H,4-8,10H2,1-2H3. The van der Waals surface area contributed by atoms with E-state index < -0.39 is 0 Å². The molecule has 22 heavy (non-hydrogen) atoms. The van der Waals surface area contributed by atoms with Crippen molar-refractivity contribution in [3.63, 3.8) is 0 Å².